The number of hydrogen-bond donors (Lipinski definition) is 2. The predicted molar refractivity (Wildman–Crippen MR) is 171 cm³/mol. The Morgan fingerprint density at radius 1 is 1.26 bits per heavy atom. The first-order chi connectivity index (χ1) is 21.6. The zero-order valence-electron chi connectivity index (χ0n) is 26.6. The molecule has 2 aromatic carbocycles. The third-order valence-corrected chi connectivity index (χ3v) is 10.9. The van der Waals surface area contributed by atoms with E-state index < -0.39 is 33.3 Å². The van der Waals surface area contributed by atoms with Crippen LogP contribution in [0.2, 0.25) is 0 Å². The molecule has 14 heteroatoms. The molecule has 2 aliphatic rings. The SMILES string of the molecule is CCN(C)S(=O)(=O)Nc1c(C(C)(C)C)cc(F)c(Oc2ccc3ncn([C@@H]4CCC5(CCN(C(=O)O)CC5)C4)c(=O)c3c2)c1C#N. The molecule has 1 saturated heterocycles. The number of amides is 1. The molecule has 0 radical (unpaired) electrons. The minimum Gasteiger partial charge on any atom is -0.465 e. The molecule has 3 aromatic rings. The van der Waals surface area contributed by atoms with Crippen LogP contribution in [0.5, 0.6) is 11.5 Å². The summed E-state index contributed by atoms with van der Waals surface area (Å²) in [5.74, 6) is -1.25. The van der Waals surface area contributed by atoms with Crippen LogP contribution in [0.25, 0.3) is 10.9 Å². The number of carboxylic acid groups (broad SMARTS) is 1. The molecule has 1 aliphatic carbocycles. The summed E-state index contributed by atoms with van der Waals surface area (Å²) in [6.45, 7) is 8.10. The van der Waals surface area contributed by atoms with Crippen LogP contribution < -0.4 is 15.0 Å². The highest BCUT2D eigenvalue weighted by Gasteiger charge is 2.43. The zero-order chi connectivity index (χ0) is 33.6. The number of rotatable bonds is 7. The topological polar surface area (TPSA) is 158 Å². The van der Waals surface area contributed by atoms with Crippen LogP contribution in [0.4, 0.5) is 14.9 Å². The normalized spacial score (nSPS) is 18.2. The number of ether oxygens (including phenoxy) is 1. The van der Waals surface area contributed by atoms with E-state index in [9.17, 15) is 28.4 Å². The first-order valence-corrected chi connectivity index (χ1v) is 16.7. The van der Waals surface area contributed by atoms with Gasteiger partial charge in [0.1, 0.15) is 17.4 Å². The van der Waals surface area contributed by atoms with Gasteiger partial charge in [-0.15, -0.1) is 0 Å². The van der Waals surface area contributed by atoms with Crippen molar-refractivity contribution < 1.29 is 27.4 Å². The number of anilines is 1. The van der Waals surface area contributed by atoms with Crippen LogP contribution in [-0.2, 0) is 15.6 Å². The Kier molecular flexibility index (Phi) is 8.78. The lowest BCUT2D eigenvalue weighted by Crippen LogP contribution is -2.41. The maximum absolute atomic E-state index is 15.7. The number of benzene rings is 2. The Morgan fingerprint density at radius 3 is 2.57 bits per heavy atom. The number of aromatic nitrogens is 2. The Balaban J connectivity index is 1.49. The van der Waals surface area contributed by atoms with E-state index >= 15 is 4.39 Å². The van der Waals surface area contributed by atoms with Crippen LogP contribution in [-0.4, -0.2) is 65.1 Å². The molecule has 1 spiro atoms. The minimum absolute atomic E-state index is 0.0223. The molecule has 246 valence electrons. The van der Waals surface area contributed by atoms with Gasteiger partial charge in [-0.2, -0.15) is 18.0 Å². The molecular weight excluding hydrogens is 615 g/mol. The molecule has 1 aliphatic heterocycles. The van der Waals surface area contributed by atoms with Gasteiger partial charge in [-0.3, -0.25) is 14.1 Å². The second-order valence-corrected chi connectivity index (χ2v) is 15.0. The lowest BCUT2D eigenvalue weighted by Gasteiger charge is -2.38. The number of piperidine rings is 1. The largest absolute Gasteiger partial charge is 0.465 e. The molecule has 2 N–H and O–H groups in total. The lowest BCUT2D eigenvalue weighted by atomic mass is 9.77. The second-order valence-electron chi connectivity index (χ2n) is 13.3. The molecule has 12 nitrogen and oxygen atoms in total. The van der Waals surface area contributed by atoms with E-state index in [1.807, 2.05) is 6.07 Å². The van der Waals surface area contributed by atoms with Crippen LogP contribution in [0.15, 0.2) is 35.4 Å². The highest BCUT2D eigenvalue weighted by atomic mass is 32.2. The van der Waals surface area contributed by atoms with Gasteiger partial charge >= 0.3 is 16.3 Å². The van der Waals surface area contributed by atoms with Crippen molar-refractivity contribution in [3.63, 3.8) is 0 Å². The van der Waals surface area contributed by atoms with E-state index in [0.717, 1.165) is 42.5 Å². The van der Waals surface area contributed by atoms with Gasteiger partial charge in [0.05, 0.1) is 22.9 Å². The summed E-state index contributed by atoms with van der Waals surface area (Å²) in [7, 11) is -2.69. The fraction of sp³-hybridized carbons (Fsp3) is 0.500. The van der Waals surface area contributed by atoms with Gasteiger partial charge in [-0.25, -0.2) is 14.2 Å². The van der Waals surface area contributed by atoms with Crippen LogP contribution >= 0.6 is 0 Å². The predicted octanol–water partition coefficient (Wildman–Crippen LogP) is 5.59. The second kappa shape index (κ2) is 12.2. The van der Waals surface area contributed by atoms with Gasteiger partial charge in [0.15, 0.2) is 11.6 Å². The summed E-state index contributed by atoms with van der Waals surface area (Å²) in [6.07, 6.45) is 4.51. The Bertz CT molecular complexity index is 1890. The number of nitrogens with one attached hydrogen (secondary N) is 1. The lowest BCUT2D eigenvalue weighted by molar-refractivity contribution is 0.0901. The molecule has 1 amide bonds. The summed E-state index contributed by atoms with van der Waals surface area (Å²) >= 11 is 0. The molecular formula is C32H39FN6O6S. The number of halogens is 1. The standard InChI is InChI=1S/C32H39FN6O6S/c1-6-37(5)46(43,44)36-27-23(18-34)28(25(33)16-24(27)31(2,3)4)45-21-7-8-26-22(15-21)29(40)39(19-35-26)20-9-10-32(17-20)11-13-38(14-12-32)30(41)42/h7-8,15-16,19-20,36H,6,9-14,17H2,1-5H3,(H,41,42)/t20-/m1/s1. The van der Waals surface area contributed by atoms with Gasteiger partial charge < -0.3 is 14.7 Å². The van der Waals surface area contributed by atoms with Crippen molar-refractivity contribution >= 4 is 32.9 Å². The number of nitriles is 1. The molecule has 5 rings (SSSR count). The molecule has 46 heavy (non-hydrogen) atoms. The van der Waals surface area contributed by atoms with Gasteiger partial charge in [-0.1, -0.05) is 27.7 Å². The molecule has 2 heterocycles. The van der Waals surface area contributed by atoms with Crippen LogP contribution in [0, 0.1) is 22.6 Å². The van der Waals surface area contributed by atoms with Crippen molar-refractivity contribution in [2.45, 2.75) is 71.3 Å². The average molecular weight is 655 g/mol. The van der Waals surface area contributed by atoms with Gasteiger partial charge in [0.25, 0.3) is 5.56 Å². The quantitative estimate of drug-likeness (QED) is 0.334. The van der Waals surface area contributed by atoms with E-state index in [0.29, 0.717) is 18.6 Å². The summed E-state index contributed by atoms with van der Waals surface area (Å²) in [5.41, 5.74) is -0.773. The first kappa shape index (κ1) is 33.2. The fourth-order valence-electron chi connectivity index (χ4n) is 6.51. The summed E-state index contributed by atoms with van der Waals surface area (Å²) in [5, 5.41) is 19.7. The van der Waals surface area contributed by atoms with E-state index in [-0.39, 0.29) is 51.5 Å². The third-order valence-electron chi connectivity index (χ3n) is 9.38. The van der Waals surface area contributed by atoms with Gasteiger partial charge in [0.2, 0.25) is 0 Å². The maximum atomic E-state index is 15.7. The highest BCUT2D eigenvalue weighted by Crippen LogP contribution is 2.50. The zero-order valence-corrected chi connectivity index (χ0v) is 27.4. The van der Waals surface area contributed by atoms with E-state index in [1.54, 1.807) is 38.3 Å². The first-order valence-electron chi connectivity index (χ1n) is 15.3. The molecule has 1 atom stereocenters. The number of fused-ring (bicyclic) bond motifs is 1. The van der Waals surface area contributed by atoms with E-state index in [1.165, 1.54) is 30.4 Å². The maximum Gasteiger partial charge on any atom is 0.407 e. The van der Waals surface area contributed by atoms with Crippen LogP contribution in [0.1, 0.15) is 77.0 Å². The van der Waals surface area contributed by atoms with Crippen LogP contribution in [0.3, 0.4) is 0 Å². The molecule has 1 aromatic heterocycles. The smallest absolute Gasteiger partial charge is 0.407 e. The third kappa shape index (κ3) is 6.26. The summed E-state index contributed by atoms with van der Waals surface area (Å²) in [6, 6.07) is 7.51. The number of hydrogen-bond acceptors (Lipinski definition) is 7. The highest BCUT2D eigenvalue weighted by molar-refractivity contribution is 7.90. The Labute approximate surface area is 267 Å². The summed E-state index contributed by atoms with van der Waals surface area (Å²) in [4.78, 5) is 31.0. The van der Waals surface area contributed by atoms with Crippen molar-refractivity contribution in [1.82, 2.24) is 18.8 Å². The summed E-state index contributed by atoms with van der Waals surface area (Å²) < 4.78 is 52.7. The van der Waals surface area contributed by atoms with Crippen molar-refractivity contribution in [3.05, 3.63) is 57.9 Å². The Morgan fingerprint density at radius 2 is 1.96 bits per heavy atom. The van der Waals surface area contributed by atoms with Crippen molar-refractivity contribution in [3.8, 4) is 17.6 Å². The molecule has 0 unspecified atom stereocenters. The van der Waals surface area contributed by atoms with E-state index in [4.69, 9.17) is 4.74 Å². The Hall–Kier alpha value is -4.22. The monoisotopic (exact) mass is 654 g/mol. The number of carbonyl (C=O) groups is 1. The molecule has 0 bridgehead atoms. The van der Waals surface area contributed by atoms with E-state index in [2.05, 4.69) is 9.71 Å². The average Bonchev–Trinajstić information content (AvgIpc) is 3.40. The molecule has 1 saturated carbocycles. The number of likely N-dealkylation sites (tertiary alicyclic amines) is 1. The number of nitrogens with zero attached hydrogens (tertiary/aromatic N) is 5. The van der Waals surface area contributed by atoms with Crippen molar-refractivity contribution in [2.24, 2.45) is 5.41 Å². The van der Waals surface area contributed by atoms with Crippen molar-refractivity contribution in [1.29, 1.82) is 5.26 Å². The fourth-order valence-corrected chi connectivity index (χ4v) is 7.48. The molecule has 2 fully saturated rings. The van der Waals surface area contributed by atoms with Gasteiger partial charge in [0, 0.05) is 32.7 Å². The minimum atomic E-state index is -4.07. The van der Waals surface area contributed by atoms with Crippen molar-refractivity contribution in [2.75, 3.05) is 31.4 Å². The van der Waals surface area contributed by atoms with Gasteiger partial charge in [-0.05, 0) is 72.8 Å².